The molecule has 0 aromatic rings. The lowest BCUT2D eigenvalue weighted by atomic mass is 10.2. The number of hydrazine groups is 1. The van der Waals surface area contributed by atoms with Crippen molar-refractivity contribution in [1.82, 2.24) is 15.6 Å². The van der Waals surface area contributed by atoms with E-state index in [0.717, 1.165) is 6.42 Å². The lowest BCUT2D eigenvalue weighted by molar-refractivity contribution is 0.0513. The fourth-order valence-corrected chi connectivity index (χ4v) is 1.06. The third kappa shape index (κ3) is 4.12. The molecule has 0 aromatic carbocycles. The van der Waals surface area contributed by atoms with E-state index in [2.05, 4.69) is 10.6 Å². The third-order valence-electron chi connectivity index (χ3n) is 1.87. The molecule has 13 heavy (non-hydrogen) atoms. The second-order valence-electron chi connectivity index (χ2n) is 2.76. The van der Waals surface area contributed by atoms with Gasteiger partial charge in [-0.2, -0.15) is 0 Å². The molecule has 0 saturated carbocycles. The van der Waals surface area contributed by atoms with Crippen molar-refractivity contribution in [3.8, 4) is 0 Å². The maximum atomic E-state index is 9.50. The molecule has 0 rings (SSSR count). The highest BCUT2D eigenvalue weighted by molar-refractivity contribution is 4.83. The van der Waals surface area contributed by atoms with Crippen molar-refractivity contribution in [2.45, 2.75) is 25.6 Å². The number of nitrogens with one attached hydrogen (secondary N) is 2. The molecule has 2 atom stereocenters. The number of hydrogen-bond donors (Lipinski definition) is 4. The van der Waals surface area contributed by atoms with E-state index in [1.54, 1.807) is 26.5 Å². The fourth-order valence-electron chi connectivity index (χ4n) is 1.06. The summed E-state index contributed by atoms with van der Waals surface area (Å²) in [5.74, 6) is 5.70. The number of aliphatic hydroxyl groups excluding tert-OH is 1. The van der Waals surface area contributed by atoms with Gasteiger partial charge in [-0.25, -0.2) is 5.84 Å². The lowest BCUT2D eigenvalue weighted by Crippen LogP contribution is -2.49. The minimum Gasteiger partial charge on any atom is -0.393 e. The molecule has 5 N–H and O–H groups in total. The molecule has 78 valence electrons. The molecular weight excluding hydrogens is 168 g/mol. The summed E-state index contributed by atoms with van der Waals surface area (Å²) in [6, 6.07) is -0.116. The van der Waals surface area contributed by atoms with Gasteiger partial charge in [-0.05, 0) is 13.5 Å². The molecule has 5 nitrogen and oxygen atoms in total. The molecular formula is C8H20N4O. The van der Waals surface area contributed by atoms with Crippen LogP contribution in [0.1, 0.15) is 13.3 Å². The number of nitrogens with zero attached hydrogens (tertiary/aromatic N) is 1. The molecule has 0 radical (unpaired) electrons. The average Bonchev–Trinajstić information content (AvgIpc) is 2.15. The van der Waals surface area contributed by atoms with Crippen molar-refractivity contribution in [1.29, 1.82) is 0 Å². The molecule has 0 aromatic heterocycles. The van der Waals surface area contributed by atoms with Gasteiger partial charge >= 0.3 is 0 Å². The summed E-state index contributed by atoms with van der Waals surface area (Å²) in [5.41, 5.74) is 0. The van der Waals surface area contributed by atoms with Crippen molar-refractivity contribution in [2.75, 3.05) is 14.1 Å². The van der Waals surface area contributed by atoms with Gasteiger partial charge in [-0.3, -0.25) is 5.32 Å². The summed E-state index contributed by atoms with van der Waals surface area (Å²) in [5, 5.41) is 16.6. The smallest absolute Gasteiger partial charge is 0.126 e. The third-order valence-corrected chi connectivity index (χ3v) is 1.87. The number of nitrogens with two attached hydrogens (primary N) is 1. The Hall–Kier alpha value is -0.780. The van der Waals surface area contributed by atoms with E-state index in [0.29, 0.717) is 0 Å². The molecule has 2 unspecified atom stereocenters. The first kappa shape index (κ1) is 12.2. The summed E-state index contributed by atoms with van der Waals surface area (Å²) < 4.78 is 0. The minimum atomic E-state index is -0.614. The molecule has 0 fully saturated rings. The quantitative estimate of drug-likeness (QED) is 0.249. The average molecular weight is 188 g/mol. The first-order valence-corrected chi connectivity index (χ1v) is 4.39. The first-order chi connectivity index (χ1) is 6.17. The Balaban J connectivity index is 4.13. The summed E-state index contributed by atoms with van der Waals surface area (Å²) in [6.45, 7) is 1.97. The highest BCUT2D eigenvalue weighted by Gasteiger charge is 2.18. The van der Waals surface area contributed by atoms with Gasteiger partial charge in [0.05, 0.1) is 6.04 Å². The van der Waals surface area contributed by atoms with Crippen LogP contribution >= 0.6 is 0 Å². The van der Waals surface area contributed by atoms with E-state index < -0.39 is 6.23 Å². The van der Waals surface area contributed by atoms with E-state index in [1.165, 1.54) is 5.01 Å². The predicted molar refractivity (Wildman–Crippen MR) is 53.4 cm³/mol. The van der Waals surface area contributed by atoms with Crippen LogP contribution < -0.4 is 16.5 Å². The van der Waals surface area contributed by atoms with Crippen molar-refractivity contribution in [3.05, 3.63) is 12.4 Å². The Morgan fingerprint density at radius 1 is 1.54 bits per heavy atom. The molecule has 0 bridgehead atoms. The SMILES string of the molecule is CCC(C(O)NC)N(N)/C=C\NC. The van der Waals surface area contributed by atoms with Gasteiger partial charge in [0, 0.05) is 19.4 Å². The number of rotatable bonds is 6. The van der Waals surface area contributed by atoms with Crippen LogP contribution in [0.3, 0.4) is 0 Å². The zero-order chi connectivity index (χ0) is 10.3. The van der Waals surface area contributed by atoms with E-state index in [-0.39, 0.29) is 6.04 Å². The predicted octanol–water partition coefficient (Wildman–Crippen LogP) is -0.831. The monoisotopic (exact) mass is 188 g/mol. The Labute approximate surface area is 79.6 Å². The van der Waals surface area contributed by atoms with Crippen LogP contribution in [0.25, 0.3) is 0 Å². The fraction of sp³-hybridized carbons (Fsp3) is 0.750. The Morgan fingerprint density at radius 2 is 2.15 bits per heavy atom. The van der Waals surface area contributed by atoms with Crippen molar-refractivity contribution in [3.63, 3.8) is 0 Å². The Morgan fingerprint density at radius 3 is 2.54 bits per heavy atom. The molecule has 0 heterocycles. The molecule has 0 saturated heterocycles. The molecule has 0 aliphatic carbocycles. The summed E-state index contributed by atoms with van der Waals surface area (Å²) >= 11 is 0. The van der Waals surface area contributed by atoms with Crippen molar-refractivity contribution in [2.24, 2.45) is 5.84 Å². The molecule has 0 aliphatic heterocycles. The van der Waals surface area contributed by atoms with Crippen LogP contribution in [-0.2, 0) is 0 Å². The zero-order valence-corrected chi connectivity index (χ0v) is 8.49. The van der Waals surface area contributed by atoms with Crippen LogP contribution in [0.15, 0.2) is 12.4 Å². The van der Waals surface area contributed by atoms with Crippen LogP contribution in [-0.4, -0.2) is 36.5 Å². The molecule has 0 amide bonds. The lowest BCUT2D eigenvalue weighted by Gasteiger charge is -2.28. The second kappa shape index (κ2) is 6.71. The van der Waals surface area contributed by atoms with Gasteiger partial charge in [-0.1, -0.05) is 6.92 Å². The van der Waals surface area contributed by atoms with Gasteiger partial charge in [0.2, 0.25) is 0 Å². The zero-order valence-electron chi connectivity index (χ0n) is 8.49. The van der Waals surface area contributed by atoms with Crippen LogP contribution in [0.5, 0.6) is 0 Å². The van der Waals surface area contributed by atoms with Crippen LogP contribution in [0, 0.1) is 0 Å². The van der Waals surface area contributed by atoms with Gasteiger partial charge in [0.15, 0.2) is 0 Å². The molecule has 0 aliphatic rings. The maximum Gasteiger partial charge on any atom is 0.126 e. The summed E-state index contributed by atoms with van der Waals surface area (Å²) in [7, 11) is 3.49. The Kier molecular flexibility index (Phi) is 6.30. The van der Waals surface area contributed by atoms with Gasteiger partial charge in [-0.15, -0.1) is 0 Å². The molecule has 5 heteroatoms. The highest BCUT2D eigenvalue weighted by atomic mass is 16.3. The standard InChI is InChI=1S/C8H20N4O/c1-4-7(8(13)11-3)12(9)6-5-10-2/h5-8,10-11,13H,4,9H2,1-3H3/b6-5-. The second-order valence-corrected chi connectivity index (χ2v) is 2.76. The Bertz CT molecular complexity index is 151. The highest BCUT2D eigenvalue weighted by Crippen LogP contribution is 2.03. The van der Waals surface area contributed by atoms with E-state index in [4.69, 9.17) is 5.84 Å². The van der Waals surface area contributed by atoms with Crippen molar-refractivity contribution < 1.29 is 5.11 Å². The van der Waals surface area contributed by atoms with E-state index in [1.807, 2.05) is 6.92 Å². The van der Waals surface area contributed by atoms with Gasteiger partial charge < -0.3 is 15.4 Å². The van der Waals surface area contributed by atoms with Gasteiger partial charge in [0.1, 0.15) is 6.23 Å². The number of aliphatic hydroxyl groups is 1. The summed E-state index contributed by atoms with van der Waals surface area (Å²) in [4.78, 5) is 0. The van der Waals surface area contributed by atoms with Crippen LogP contribution in [0.4, 0.5) is 0 Å². The van der Waals surface area contributed by atoms with E-state index in [9.17, 15) is 5.11 Å². The summed E-state index contributed by atoms with van der Waals surface area (Å²) in [6.07, 6.45) is 3.56. The van der Waals surface area contributed by atoms with Crippen LogP contribution in [0.2, 0.25) is 0 Å². The number of likely N-dealkylation sites (N-methyl/N-ethyl adjacent to an activating group) is 1. The van der Waals surface area contributed by atoms with Crippen molar-refractivity contribution >= 4 is 0 Å². The molecule has 0 spiro atoms. The topological polar surface area (TPSA) is 73.5 Å². The van der Waals surface area contributed by atoms with E-state index >= 15 is 0 Å². The first-order valence-electron chi connectivity index (χ1n) is 4.39. The normalized spacial score (nSPS) is 15.8. The largest absolute Gasteiger partial charge is 0.393 e. The maximum absolute atomic E-state index is 9.50. The number of hydrogen-bond acceptors (Lipinski definition) is 5. The van der Waals surface area contributed by atoms with Gasteiger partial charge in [0.25, 0.3) is 0 Å². The minimum absolute atomic E-state index is 0.116.